The van der Waals surface area contributed by atoms with E-state index in [0.717, 1.165) is 50.5 Å². The van der Waals surface area contributed by atoms with Crippen molar-refractivity contribution in [2.75, 3.05) is 54.4 Å². The zero-order valence-electron chi connectivity index (χ0n) is 16.8. The molecule has 1 rings (SSSR count). The summed E-state index contributed by atoms with van der Waals surface area (Å²) in [5, 5.41) is 3.51. The summed E-state index contributed by atoms with van der Waals surface area (Å²) in [5.41, 5.74) is 0. The van der Waals surface area contributed by atoms with Crippen molar-refractivity contribution >= 4 is 5.96 Å². The molecule has 5 heteroatoms. The van der Waals surface area contributed by atoms with Gasteiger partial charge in [0.1, 0.15) is 0 Å². The second-order valence-electron chi connectivity index (χ2n) is 7.60. The van der Waals surface area contributed by atoms with Crippen molar-refractivity contribution in [2.45, 2.75) is 52.1 Å². The maximum absolute atomic E-state index is 5.87. The smallest absolute Gasteiger partial charge is 0.193 e. The fraction of sp³-hybridized carbons (Fsp3) is 0.947. The molecule has 0 aromatic rings. The average Bonchev–Trinajstić information content (AvgIpc) is 2.55. The van der Waals surface area contributed by atoms with Crippen LogP contribution in [0.1, 0.15) is 46.0 Å². The molecular formula is C19H40N4O. The van der Waals surface area contributed by atoms with Crippen LogP contribution in [0.2, 0.25) is 0 Å². The van der Waals surface area contributed by atoms with Gasteiger partial charge in [0, 0.05) is 40.3 Å². The lowest BCUT2D eigenvalue weighted by molar-refractivity contribution is 0.0544. The van der Waals surface area contributed by atoms with Crippen LogP contribution in [-0.4, -0.2) is 76.3 Å². The summed E-state index contributed by atoms with van der Waals surface area (Å²) in [7, 11) is 8.24. The Morgan fingerprint density at radius 3 is 2.42 bits per heavy atom. The fourth-order valence-electron chi connectivity index (χ4n) is 3.46. The number of nitrogens with zero attached hydrogens (tertiary/aromatic N) is 3. The molecule has 24 heavy (non-hydrogen) atoms. The third-order valence-corrected chi connectivity index (χ3v) is 5.03. The van der Waals surface area contributed by atoms with E-state index in [9.17, 15) is 0 Å². The zero-order valence-corrected chi connectivity index (χ0v) is 16.8. The summed E-state index contributed by atoms with van der Waals surface area (Å²) in [4.78, 5) is 8.95. The first-order valence-electron chi connectivity index (χ1n) is 9.64. The molecule has 1 N–H and O–H groups in total. The average molecular weight is 341 g/mol. The SMILES string of the molecule is CCOC(CCN(C)C)CNC(=NC)N(C)CC1CCC(C)CC1. The van der Waals surface area contributed by atoms with Crippen LogP contribution >= 0.6 is 0 Å². The van der Waals surface area contributed by atoms with E-state index in [1.165, 1.54) is 25.7 Å². The monoisotopic (exact) mass is 340 g/mol. The first-order chi connectivity index (χ1) is 11.5. The van der Waals surface area contributed by atoms with Gasteiger partial charge in [-0.2, -0.15) is 0 Å². The minimum atomic E-state index is 0.234. The summed E-state index contributed by atoms with van der Waals surface area (Å²) >= 11 is 0. The normalized spacial score (nSPS) is 23.4. The van der Waals surface area contributed by atoms with E-state index in [1.54, 1.807) is 0 Å². The van der Waals surface area contributed by atoms with Crippen molar-refractivity contribution in [3.8, 4) is 0 Å². The Morgan fingerprint density at radius 2 is 1.88 bits per heavy atom. The second-order valence-corrected chi connectivity index (χ2v) is 7.60. The van der Waals surface area contributed by atoms with Crippen LogP contribution in [0.25, 0.3) is 0 Å². The van der Waals surface area contributed by atoms with Crippen molar-refractivity contribution in [1.29, 1.82) is 0 Å². The number of aliphatic imine (C=N–C) groups is 1. The Kier molecular flexibility index (Phi) is 10.3. The highest BCUT2D eigenvalue weighted by atomic mass is 16.5. The van der Waals surface area contributed by atoms with Crippen LogP contribution in [0.4, 0.5) is 0 Å². The number of rotatable bonds is 9. The highest BCUT2D eigenvalue weighted by molar-refractivity contribution is 5.79. The third-order valence-electron chi connectivity index (χ3n) is 5.03. The Hall–Kier alpha value is -0.810. The van der Waals surface area contributed by atoms with Crippen molar-refractivity contribution in [3.05, 3.63) is 0 Å². The lowest BCUT2D eigenvalue weighted by atomic mass is 9.83. The maximum Gasteiger partial charge on any atom is 0.193 e. The fourth-order valence-corrected chi connectivity index (χ4v) is 3.46. The van der Waals surface area contributed by atoms with Crippen LogP contribution < -0.4 is 5.32 Å². The molecule has 0 bridgehead atoms. The maximum atomic E-state index is 5.87. The Bertz CT molecular complexity index is 351. The van der Waals surface area contributed by atoms with Gasteiger partial charge in [0.05, 0.1) is 6.10 Å². The highest BCUT2D eigenvalue weighted by Gasteiger charge is 2.21. The molecule has 0 aromatic carbocycles. The lowest BCUT2D eigenvalue weighted by Gasteiger charge is -2.32. The van der Waals surface area contributed by atoms with E-state index in [0.29, 0.717) is 0 Å². The molecule has 1 fully saturated rings. The van der Waals surface area contributed by atoms with E-state index in [-0.39, 0.29) is 6.10 Å². The number of ether oxygens (including phenoxy) is 1. The molecule has 1 aliphatic carbocycles. The first kappa shape index (κ1) is 21.2. The molecule has 1 aliphatic rings. The van der Waals surface area contributed by atoms with Crippen LogP contribution in [0, 0.1) is 11.8 Å². The van der Waals surface area contributed by atoms with Crippen LogP contribution in [0.3, 0.4) is 0 Å². The predicted octanol–water partition coefficient (Wildman–Crippen LogP) is 2.68. The number of nitrogens with one attached hydrogen (secondary N) is 1. The zero-order chi connectivity index (χ0) is 17.9. The molecule has 1 unspecified atom stereocenters. The number of hydrogen-bond donors (Lipinski definition) is 1. The Morgan fingerprint density at radius 1 is 1.21 bits per heavy atom. The molecule has 0 spiro atoms. The number of guanidine groups is 1. The van der Waals surface area contributed by atoms with Gasteiger partial charge in [-0.1, -0.05) is 19.8 Å². The quantitative estimate of drug-likeness (QED) is 0.517. The molecule has 0 aromatic heterocycles. The lowest BCUT2D eigenvalue weighted by Crippen LogP contribution is -2.45. The molecular weight excluding hydrogens is 300 g/mol. The van der Waals surface area contributed by atoms with Gasteiger partial charge in [-0.05, 0) is 52.1 Å². The summed E-state index contributed by atoms with van der Waals surface area (Å²) in [6.07, 6.45) is 6.73. The van der Waals surface area contributed by atoms with Gasteiger partial charge in [-0.15, -0.1) is 0 Å². The van der Waals surface area contributed by atoms with Crippen molar-refractivity contribution in [1.82, 2.24) is 15.1 Å². The van der Waals surface area contributed by atoms with Crippen molar-refractivity contribution < 1.29 is 4.74 Å². The van der Waals surface area contributed by atoms with Gasteiger partial charge in [0.15, 0.2) is 5.96 Å². The minimum Gasteiger partial charge on any atom is -0.377 e. The highest BCUT2D eigenvalue weighted by Crippen LogP contribution is 2.28. The molecule has 0 amide bonds. The summed E-state index contributed by atoms with van der Waals surface area (Å²) in [5.74, 6) is 2.71. The minimum absolute atomic E-state index is 0.234. The standard InChI is InChI=1S/C19H40N4O/c1-7-24-18(12-13-22(4)5)14-21-19(20-3)23(6)15-17-10-8-16(2)9-11-17/h16-18H,7-15H2,1-6H3,(H,20,21). The van der Waals surface area contributed by atoms with Crippen molar-refractivity contribution in [3.63, 3.8) is 0 Å². The predicted molar refractivity (Wildman–Crippen MR) is 104 cm³/mol. The summed E-state index contributed by atoms with van der Waals surface area (Å²) in [6.45, 7) is 8.16. The van der Waals surface area contributed by atoms with Crippen LogP contribution in [0.15, 0.2) is 4.99 Å². The van der Waals surface area contributed by atoms with Gasteiger partial charge in [0.25, 0.3) is 0 Å². The molecule has 0 aliphatic heterocycles. The van der Waals surface area contributed by atoms with Gasteiger partial charge in [0.2, 0.25) is 0 Å². The largest absolute Gasteiger partial charge is 0.377 e. The van der Waals surface area contributed by atoms with Crippen molar-refractivity contribution in [2.24, 2.45) is 16.8 Å². The van der Waals surface area contributed by atoms with Crippen LogP contribution in [0.5, 0.6) is 0 Å². The first-order valence-corrected chi connectivity index (χ1v) is 9.64. The second kappa shape index (κ2) is 11.7. The van der Waals surface area contributed by atoms with E-state index in [4.69, 9.17) is 4.74 Å². The third kappa shape index (κ3) is 8.34. The molecule has 0 saturated heterocycles. The summed E-state index contributed by atoms with van der Waals surface area (Å²) < 4.78 is 5.87. The Balaban J connectivity index is 2.40. The van der Waals surface area contributed by atoms with Gasteiger partial charge >= 0.3 is 0 Å². The molecule has 1 atom stereocenters. The van der Waals surface area contributed by atoms with E-state index in [2.05, 4.69) is 55.1 Å². The van der Waals surface area contributed by atoms with Gasteiger partial charge in [-0.25, -0.2) is 0 Å². The molecule has 0 radical (unpaired) electrons. The van der Waals surface area contributed by atoms with Gasteiger partial charge < -0.3 is 19.9 Å². The van der Waals surface area contributed by atoms with E-state index < -0.39 is 0 Å². The Labute approximate surface area is 149 Å². The molecule has 5 nitrogen and oxygen atoms in total. The molecule has 142 valence electrons. The van der Waals surface area contributed by atoms with E-state index >= 15 is 0 Å². The molecule has 1 saturated carbocycles. The van der Waals surface area contributed by atoms with Gasteiger partial charge in [-0.3, -0.25) is 4.99 Å². The van der Waals surface area contributed by atoms with E-state index in [1.807, 2.05) is 7.05 Å². The molecule has 0 heterocycles. The van der Waals surface area contributed by atoms with Crippen LogP contribution in [-0.2, 0) is 4.74 Å². The number of hydrogen-bond acceptors (Lipinski definition) is 3. The topological polar surface area (TPSA) is 40.1 Å². The summed E-state index contributed by atoms with van der Waals surface area (Å²) in [6, 6.07) is 0.